The minimum absolute atomic E-state index is 0. The number of aliphatic carboxylic acids is 4. The average molecular weight is 1360 g/mol. The number of carbonyl (C=O) groups excluding carboxylic acids is 9. The molecule has 4 aromatic carbocycles. The molecule has 5 heterocycles. The van der Waals surface area contributed by atoms with Gasteiger partial charge in [-0.2, -0.15) is 0 Å². The van der Waals surface area contributed by atoms with Gasteiger partial charge in [0.2, 0.25) is 5.91 Å². The summed E-state index contributed by atoms with van der Waals surface area (Å²) in [4.78, 5) is 131. The van der Waals surface area contributed by atoms with E-state index in [9.17, 15) is 78.9 Å². The maximum atomic E-state index is 14.1. The van der Waals surface area contributed by atoms with Crippen molar-refractivity contribution in [2.24, 2.45) is 0 Å². The number of aromatic amines is 2. The van der Waals surface area contributed by atoms with Gasteiger partial charge in [0.15, 0.2) is 0 Å². The van der Waals surface area contributed by atoms with Crippen molar-refractivity contribution >= 4 is 100.0 Å². The molecule has 3 aromatic heterocycles. The molecule has 8 bridgehead atoms. The first-order chi connectivity index (χ1) is 42.6. The Morgan fingerprint density at radius 3 is 1.00 bits per heavy atom. The van der Waals surface area contributed by atoms with Crippen molar-refractivity contribution in [1.82, 2.24) is 45.3 Å². The minimum Gasteiger partial charge on any atom is -0.549 e. The number of nitrogens with one attached hydrogen (secondary N) is 4. The van der Waals surface area contributed by atoms with Gasteiger partial charge in [-0.05, 0) is 107 Å². The summed E-state index contributed by atoms with van der Waals surface area (Å²) in [6.45, 7) is -2.44. The van der Waals surface area contributed by atoms with Crippen molar-refractivity contribution in [3.05, 3.63) is 166 Å². The van der Waals surface area contributed by atoms with E-state index in [1.807, 2.05) is 0 Å². The van der Waals surface area contributed by atoms with E-state index < -0.39 is 92.5 Å². The van der Waals surface area contributed by atoms with E-state index in [2.05, 4.69) is 20.6 Å². The van der Waals surface area contributed by atoms with Crippen LogP contribution in [0.1, 0.15) is 71.1 Å². The fourth-order valence-corrected chi connectivity index (χ4v) is 10.4. The Morgan fingerprint density at radius 1 is 0.396 bits per heavy atom. The molecular weight excluding hydrogens is 1310 g/mol. The molecule has 9 rings (SSSR count). The Hall–Kier alpha value is -4.41. The Labute approximate surface area is 704 Å². The number of hydrogen-bond acceptors (Lipinski definition) is 21. The van der Waals surface area contributed by atoms with Crippen molar-refractivity contribution < 1.29 is 286 Å². The first kappa shape index (κ1) is 87.7. The number of hydrogen-bond donors (Lipinski definition) is 4. The Balaban J connectivity index is 0.00000448. The van der Waals surface area contributed by atoms with Crippen LogP contribution in [0.3, 0.4) is 0 Å². The van der Waals surface area contributed by atoms with Gasteiger partial charge in [0.1, 0.15) is 6.17 Å². The molecule has 2 aliphatic rings. The molecule has 1 atom stereocenters. The summed E-state index contributed by atoms with van der Waals surface area (Å²) < 4.78 is 0. The van der Waals surface area contributed by atoms with Crippen LogP contribution in [0.2, 0.25) is 0 Å². The molecule has 0 saturated carbocycles. The number of carboxylic acid groups (broad SMARTS) is 7. The maximum Gasteiger partial charge on any atom is 1.00 e. The topological polar surface area (TPSA) is 406 Å². The second-order valence-electron chi connectivity index (χ2n) is 20.4. The molecule has 454 valence electrons. The van der Waals surface area contributed by atoms with Crippen molar-refractivity contribution in [3.63, 3.8) is 0 Å². The van der Waals surface area contributed by atoms with Gasteiger partial charge in [-0.3, -0.25) is 24.3 Å². The minimum atomic E-state index is -2.15. The summed E-state index contributed by atoms with van der Waals surface area (Å²) in [6.07, 6.45) is 4.85. The first-order valence-electron chi connectivity index (χ1n) is 27.4. The molecule has 0 fully saturated rings. The van der Waals surface area contributed by atoms with Gasteiger partial charge < -0.3 is 89.9 Å². The van der Waals surface area contributed by atoms with E-state index in [0.717, 1.165) is 4.90 Å². The number of carboxylic acids is 7. The molecule has 7 aromatic rings. The zero-order valence-electron chi connectivity index (χ0n) is 54.1. The van der Waals surface area contributed by atoms with Crippen LogP contribution in [-0.2, 0) is 24.0 Å². The maximum absolute atomic E-state index is 14.1. The van der Waals surface area contributed by atoms with Gasteiger partial charge in [-0.25, -0.2) is 9.97 Å². The van der Waals surface area contributed by atoms with Crippen LogP contribution in [0.15, 0.2) is 121 Å². The second-order valence-corrected chi connectivity index (χ2v) is 20.4. The zero-order chi connectivity index (χ0) is 63.6. The fourth-order valence-electron chi connectivity index (χ4n) is 10.4. The molecule has 2 amide bonds. The number of likely N-dealkylation sites (N-methyl/N-ethyl adjacent to an activating group) is 1. The van der Waals surface area contributed by atoms with Crippen LogP contribution in [0.25, 0.3) is 90.9 Å². The zero-order valence-corrected chi connectivity index (χ0v) is 68.1. The van der Waals surface area contributed by atoms with Gasteiger partial charge in [0.05, 0.1) is 71.1 Å². The molecule has 0 radical (unpaired) electrons. The summed E-state index contributed by atoms with van der Waals surface area (Å²) in [5.74, 6) is -12.6. The number of amides is 2. The Bertz CT molecular complexity index is 4170. The van der Waals surface area contributed by atoms with Crippen molar-refractivity contribution in [3.8, 4) is 44.5 Å². The third-order valence-corrected chi connectivity index (χ3v) is 14.5. The fraction of sp³-hybridized carbons (Fsp3) is 0.172. The number of benzene rings is 4. The molecule has 2 aliphatic heterocycles. The normalized spacial score (nSPS) is 11.2. The van der Waals surface area contributed by atoms with E-state index in [-0.39, 0.29) is 255 Å². The second kappa shape index (κ2) is 40.7. The SMILES string of the molecule is CCNC(=O)CN(CCN(CCN(CC(=O)[O-])C(NC(=O)c1ccc(-c2c3nc(c(-c4ccc(C(=O)[O-])cc4)c4ccc([nH]4)c(-c4ccc(C(=O)[O-])cc4)c4nc(c(-c5ccc(C(=O)[O-])cc5)c5ccc2[nH]5)C=C4)C=C3)cc1)C(=O)[O-])CC(=O)[O-])CC(=O)[O-].[Na+].[Na+].[Na+].[Na+].[Na+].[Na+].[Na+]. The number of aromatic carboxylic acids is 3. The molecule has 0 spiro atoms. The van der Waals surface area contributed by atoms with Crippen LogP contribution in [0.4, 0.5) is 0 Å². The summed E-state index contributed by atoms with van der Waals surface area (Å²) in [6, 6.07) is 30.9. The van der Waals surface area contributed by atoms with E-state index in [1.54, 1.807) is 104 Å². The van der Waals surface area contributed by atoms with Gasteiger partial charge >= 0.3 is 207 Å². The number of nitrogens with zero attached hydrogens (tertiary/aromatic N) is 5. The van der Waals surface area contributed by atoms with Gasteiger partial charge in [0, 0.05) is 102 Å². The molecule has 4 N–H and O–H groups in total. The largest absolute Gasteiger partial charge is 1.00 e. The number of rotatable bonds is 26. The standard InChI is InChI=1S/C64H57N9O16.7Na/c1-2-65-51(74)31-72(33-53(77)78)28-27-71(32-52(75)76)29-30-73(34-54(79)80)59(64(88)89)70-60(81)39-11-3-35(4-12-39)55-43-19-21-45(66-43)56(36-5-13-40(14-6-36)61(82)83)47-23-25-49(68-47)58(38-9-17-42(18-10-38)63(86)87)50-26-24-48(69-50)57(46-22-20-44(55)67-46)37-7-15-41(16-8-37)62(84)85;;;;;;;/h3-26,59,66,69H,2,27-34H2,1H3,(H,65,74)(H,70,81)(H,75,76)(H,77,78)(H,79,80)(H,82,83)(H,84,85)(H,86,87)(H,88,89);;;;;;;/q;7*+1/p-7. The Kier molecular flexibility index (Phi) is 37.2. The molecule has 32 heteroatoms. The average Bonchev–Trinajstić information content (AvgIpc) is 1.59. The first-order valence-corrected chi connectivity index (χ1v) is 27.4. The van der Waals surface area contributed by atoms with Crippen molar-refractivity contribution in [1.29, 1.82) is 0 Å². The molecular formula is C64H50N9Na7O16. The van der Waals surface area contributed by atoms with Crippen LogP contribution in [0, 0.1) is 0 Å². The summed E-state index contributed by atoms with van der Waals surface area (Å²) >= 11 is 0. The van der Waals surface area contributed by atoms with Crippen molar-refractivity contribution in [2.75, 3.05) is 58.9 Å². The van der Waals surface area contributed by atoms with Crippen LogP contribution in [0.5, 0.6) is 0 Å². The van der Waals surface area contributed by atoms with Crippen LogP contribution in [-0.4, -0.2) is 153 Å². The van der Waals surface area contributed by atoms with E-state index in [1.165, 1.54) is 58.3 Å². The van der Waals surface area contributed by atoms with Gasteiger partial charge in [-0.15, -0.1) is 0 Å². The summed E-state index contributed by atoms with van der Waals surface area (Å²) in [7, 11) is 0. The smallest absolute Gasteiger partial charge is 0.549 e. The monoisotopic (exact) mass is 1360 g/mol. The van der Waals surface area contributed by atoms with Gasteiger partial charge in [0.25, 0.3) is 5.91 Å². The quantitative estimate of drug-likeness (QED) is 0.0289. The number of carbonyl (C=O) groups is 9. The van der Waals surface area contributed by atoms with Crippen LogP contribution < -0.4 is 253 Å². The predicted molar refractivity (Wildman–Crippen MR) is 308 cm³/mol. The third kappa shape index (κ3) is 22.5. The molecule has 0 aliphatic carbocycles. The molecule has 0 saturated heterocycles. The Morgan fingerprint density at radius 2 is 0.698 bits per heavy atom. The van der Waals surface area contributed by atoms with E-state index >= 15 is 0 Å². The summed E-state index contributed by atoms with van der Waals surface area (Å²) in [5, 5.41) is 88.6. The summed E-state index contributed by atoms with van der Waals surface area (Å²) in [5.41, 5.74) is 7.24. The molecule has 1 unspecified atom stereocenters. The third-order valence-electron chi connectivity index (χ3n) is 14.5. The van der Waals surface area contributed by atoms with E-state index in [0.29, 0.717) is 89.4 Å². The predicted octanol–water partition coefficient (Wildman–Crippen LogP) is -23.5. The molecule has 25 nitrogen and oxygen atoms in total. The van der Waals surface area contributed by atoms with Crippen LogP contribution >= 0.6 is 0 Å². The number of aromatic nitrogens is 4. The van der Waals surface area contributed by atoms with Gasteiger partial charge in [-0.1, -0.05) is 84.9 Å². The number of H-pyrrole nitrogens is 2. The van der Waals surface area contributed by atoms with E-state index in [4.69, 9.17) is 9.97 Å². The number of fused-ring (bicyclic) bond motifs is 8. The molecule has 96 heavy (non-hydrogen) atoms. The van der Waals surface area contributed by atoms with Crippen molar-refractivity contribution in [2.45, 2.75) is 13.1 Å².